The molecule has 0 spiro atoms. The Labute approximate surface area is 196 Å². The Hall–Kier alpha value is -3.52. The van der Waals surface area contributed by atoms with Crippen molar-refractivity contribution in [3.8, 4) is 17.2 Å². The number of carbonyl (C=O) groups is 1. The number of nitrogens with one attached hydrogen (secondary N) is 1. The number of fused-ring (bicyclic) bond motifs is 5. The number of hydrogen-bond donors (Lipinski definition) is 2. The summed E-state index contributed by atoms with van der Waals surface area (Å²) in [5, 5.41) is 14.5. The summed E-state index contributed by atoms with van der Waals surface area (Å²) < 4.78 is 16.6. The lowest BCUT2D eigenvalue weighted by Gasteiger charge is -2.45. The van der Waals surface area contributed by atoms with E-state index in [9.17, 15) is 14.7 Å². The van der Waals surface area contributed by atoms with Crippen LogP contribution in [0.1, 0.15) is 36.3 Å². The highest BCUT2D eigenvalue weighted by Crippen LogP contribution is 2.43. The predicted molar refractivity (Wildman–Crippen MR) is 124 cm³/mol. The second kappa shape index (κ2) is 8.36. The first-order valence-corrected chi connectivity index (χ1v) is 11.7. The number of piperidine rings is 3. The summed E-state index contributed by atoms with van der Waals surface area (Å²) in [7, 11) is 0. The zero-order valence-corrected chi connectivity index (χ0v) is 18.7. The summed E-state index contributed by atoms with van der Waals surface area (Å²) in [4.78, 5) is 29.1. The quantitative estimate of drug-likeness (QED) is 0.601. The maximum atomic E-state index is 13.4. The number of para-hydroxylation sites is 1. The lowest BCUT2D eigenvalue weighted by atomic mass is 9.83. The minimum absolute atomic E-state index is 0.000472. The fraction of sp³-hybridized carbons (Fsp3) is 0.385. The number of benzene rings is 2. The molecule has 2 N–H and O–H groups in total. The molecule has 3 fully saturated rings. The monoisotopic (exact) mass is 462 g/mol. The Morgan fingerprint density at radius 3 is 2.65 bits per heavy atom. The van der Waals surface area contributed by atoms with Crippen LogP contribution in [-0.2, 0) is 4.79 Å². The van der Waals surface area contributed by atoms with Crippen molar-refractivity contribution in [2.45, 2.75) is 31.2 Å². The minimum atomic E-state index is -0.712. The molecule has 3 saturated heterocycles. The van der Waals surface area contributed by atoms with Gasteiger partial charge in [0.2, 0.25) is 12.7 Å². The van der Waals surface area contributed by atoms with Crippen LogP contribution < -0.4 is 20.2 Å². The summed E-state index contributed by atoms with van der Waals surface area (Å²) in [5.41, 5.74) is 0.994. The number of phenolic OH excluding ortho intramolecular Hbond substituents is 1. The fourth-order valence-corrected chi connectivity index (χ4v) is 5.53. The summed E-state index contributed by atoms with van der Waals surface area (Å²) in [6, 6.07) is 10.2. The number of rotatable bonds is 5. The van der Waals surface area contributed by atoms with E-state index >= 15 is 0 Å². The first-order valence-electron chi connectivity index (χ1n) is 11.7. The van der Waals surface area contributed by atoms with E-state index in [4.69, 9.17) is 13.9 Å². The zero-order valence-electron chi connectivity index (χ0n) is 18.7. The van der Waals surface area contributed by atoms with Crippen LogP contribution >= 0.6 is 0 Å². The minimum Gasteiger partial charge on any atom is -0.508 e. The normalized spacial score (nSPS) is 23.7. The van der Waals surface area contributed by atoms with E-state index < -0.39 is 5.92 Å². The molecule has 8 nitrogen and oxygen atoms in total. The number of amides is 1. The van der Waals surface area contributed by atoms with Gasteiger partial charge < -0.3 is 29.2 Å². The van der Waals surface area contributed by atoms with E-state index in [0.717, 1.165) is 32.5 Å². The average molecular weight is 463 g/mol. The Kier molecular flexibility index (Phi) is 5.17. The molecule has 34 heavy (non-hydrogen) atoms. The van der Waals surface area contributed by atoms with Crippen LogP contribution in [0.4, 0.5) is 0 Å². The van der Waals surface area contributed by atoms with Gasteiger partial charge in [0.05, 0.1) is 11.6 Å². The van der Waals surface area contributed by atoms with Crippen LogP contribution in [-0.4, -0.2) is 48.4 Å². The van der Waals surface area contributed by atoms with E-state index in [1.165, 1.54) is 12.3 Å². The van der Waals surface area contributed by atoms with Gasteiger partial charge in [0.15, 0.2) is 16.9 Å². The maximum Gasteiger partial charge on any atom is 0.231 e. The Balaban J connectivity index is 1.37. The first-order chi connectivity index (χ1) is 16.6. The van der Waals surface area contributed by atoms with Crippen molar-refractivity contribution < 1.29 is 23.8 Å². The third-order valence-electron chi connectivity index (χ3n) is 7.37. The van der Waals surface area contributed by atoms with E-state index in [1.54, 1.807) is 30.3 Å². The predicted octanol–water partition coefficient (Wildman–Crippen LogP) is 2.96. The highest BCUT2D eigenvalue weighted by molar-refractivity contribution is 5.80. The van der Waals surface area contributed by atoms with Crippen molar-refractivity contribution in [1.82, 2.24) is 10.2 Å². The molecule has 2 unspecified atom stereocenters. The molecule has 0 radical (unpaired) electrons. The average Bonchev–Trinajstić information content (AvgIpc) is 3.31. The SMILES string of the molecule is O=C(CC(c1cc2c(cc1O)OCO2)c1coc2ccccc2c1=O)NC1CN2CCC1CC2. The van der Waals surface area contributed by atoms with Gasteiger partial charge in [0.25, 0.3) is 0 Å². The van der Waals surface area contributed by atoms with Crippen molar-refractivity contribution in [2.24, 2.45) is 5.92 Å². The van der Waals surface area contributed by atoms with Gasteiger partial charge in [0, 0.05) is 42.1 Å². The largest absolute Gasteiger partial charge is 0.508 e. The molecule has 1 aromatic heterocycles. The van der Waals surface area contributed by atoms with Crippen molar-refractivity contribution >= 4 is 16.9 Å². The van der Waals surface area contributed by atoms with Crippen LogP contribution in [0.25, 0.3) is 11.0 Å². The van der Waals surface area contributed by atoms with Gasteiger partial charge in [-0.2, -0.15) is 0 Å². The summed E-state index contributed by atoms with van der Waals surface area (Å²) in [6.07, 6.45) is 3.58. The Morgan fingerprint density at radius 2 is 1.88 bits per heavy atom. The van der Waals surface area contributed by atoms with Crippen LogP contribution in [0.2, 0.25) is 0 Å². The smallest absolute Gasteiger partial charge is 0.231 e. The third kappa shape index (κ3) is 3.68. The van der Waals surface area contributed by atoms with Crippen LogP contribution in [0.15, 0.2) is 51.9 Å². The third-order valence-corrected chi connectivity index (χ3v) is 7.37. The topological polar surface area (TPSA) is 101 Å². The van der Waals surface area contributed by atoms with Gasteiger partial charge >= 0.3 is 0 Å². The molecule has 3 aromatic rings. The fourth-order valence-electron chi connectivity index (χ4n) is 5.53. The number of aromatic hydroxyl groups is 1. The van der Waals surface area contributed by atoms with Gasteiger partial charge in [-0.1, -0.05) is 12.1 Å². The molecular formula is C26H26N2O6. The van der Waals surface area contributed by atoms with E-state index in [0.29, 0.717) is 39.5 Å². The van der Waals surface area contributed by atoms with Crippen LogP contribution in [0.5, 0.6) is 17.2 Å². The first kappa shape index (κ1) is 21.0. The van der Waals surface area contributed by atoms with Gasteiger partial charge in [-0.05, 0) is 50.0 Å². The van der Waals surface area contributed by atoms with E-state index in [1.807, 2.05) is 0 Å². The molecule has 8 heteroatoms. The lowest BCUT2D eigenvalue weighted by Crippen LogP contribution is -2.57. The number of phenols is 1. The van der Waals surface area contributed by atoms with Gasteiger partial charge in [-0.15, -0.1) is 0 Å². The highest BCUT2D eigenvalue weighted by atomic mass is 16.7. The second-order valence-electron chi connectivity index (χ2n) is 9.35. The summed E-state index contributed by atoms with van der Waals surface area (Å²) in [5.74, 6) is 0.461. The maximum absolute atomic E-state index is 13.4. The molecule has 176 valence electrons. The van der Waals surface area contributed by atoms with Crippen molar-refractivity contribution in [2.75, 3.05) is 26.4 Å². The lowest BCUT2D eigenvalue weighted by molar-refractivity contribution is -0.123. The molecule has 4 aliphatic rings. The molecule has 5 heterocycles. The number of ether oxygens (including phenoxy) is 2. The zero-order chi connectivity index (χ0) is 23.2. The van der Waals surface area contributed by atoms with Gasteiger partial charge in [-0.3, -0.25) is 9.59 Å². The molecular weight excluding hydrogens is 436 g/mol. The van der Waals surface area contributed by atoms with E-state index in [-0.39, 0.29) is 36.3 Å². The van der Waals surface area contributed by atoms with Crippen molar-refractivity contribution in [3.63, 3.8) is 0 Å². The number of nitrogens with zero attached hydrogens (tertiary/aromatic N) is 1. The van der Waals surface area contributed by atoms with Gasteiger partial charge in [-0.25, -0.2) is 0 Å². The van der Waals surface area contributed by atoms with Crippen LogP contribution in [0, 0.1) is 5.92 Å². The van der Waals surface area contributed by atoms with E-state index in [2.05, 4.69) is 10.2 Å². The number of carbonyl (C=O) groups excluding carboxylic acids is 1. The summed E-state index contributed by atoms with van der Waals surface area (Å²) >= 11 is 0. The van der Waals surface area contributed by atoms with Gasteiger partial charge in [0.1, 0.15) is 11.3 Å². The van der Waals surface area contributed by atoms with Crippen molar-refractivity contribution in [3.05, 3.63) is 64.0 Å². The standard InChI is InChI=1S/C26H26N2O6/c29-21-11-24-23(33-14-34-24)9-18(21)17(19-13-32-22-4-2-1-3-16(22)26(19)31)10-25(30)27-20-12-28-7-5-15(20)6-8-28/h1-4,9,11,13,15,17,20,29H,5-8,10,12,14H2,(H,27,30). The van der Waals surface area contributed by atoms with Crippen molar-refractivity contribution in [1.29, 1.82) is 0 Å². The molecule has 2 bridgehead atoms. The Morgan fingerprint density at radius 1 is 1.12 bits per heavy atom. The molecule has 0 saturated carbocycles. The molecule has 2 atom stereocenters. The highest BCUT2D eigenvalue weighted by Gasteiger charge is 2.36. The number of hydrogen-bond acceptors (Lipinski definition) is 7. The molecule has 0 aliphatic carbocycles. The Bertz CT molecular complexity index is 1310. The van der Waals surface area contributed by atoms with Crippen LogP contribution in [0.3, 0.4) is 0 Å². The molecule has 1 amide bonds. The molecule has 2 aromatic carbocycles. The summed E-state index contributed by atoms with van der Waals surface area (Å²) in [6.45, 7) is 3.08. The second-order valence-corrected chi connectivity index (χ2v) is 9.35. The molecule has 7 rings (SSSR count). The molecule has 4 aliphatic heterocycles.